The highest BCUT2D eigenvalue weighted by molar-refractivity contribution is 5.80. The third-order valence-electron chi connectivity index (χ3n) is 2.80. The number of nitrogens with one attached hydrogen (secondary N) is 3. The fraction of sp³-hybridized carbons (Fsp3) is 0.846. The van der Waals surface area contributed by atoms with Crippen LogP contribution in [0.1, 0.15) is 33.1 Å². The van der Waals surface area contributed by atoms with Gasteiger partial charge in [0.25, 0.3) is 0 Å². The molecule has 0 radical (unpaired) electrons. The highest BCUT2D eigenvalue weighted by Gasteiger charge is 2.20. The van der Waals surface area contributed by atoms with E-state index < -0.39 is 0 Å². The monoisotopic (exact) mass is 255 g/mol. The number of rotatable bonds is 9. The quantitative estimate of drug-likeness (QED) is 0.554. The Bertz CT molecular complexity index is 275. The van der Waals surface area contributed by atoms with Gasteiger partial charge < -0.3 is 16.0 Å². The van der Waals surface area contributed by atoms with Gasteiger partial charge in [0, 0.05) is 19.5 Å². The van der Waals surface area contributed by atoms with Crippen LogP contribution in [-0.4, -0.2) is 38.0 Å². The zero-order chi connectivity index (χ0) is 13.4. The molecule has 1 saturated carbocycles. The molecule has 0 spiro atoms. The van der Waals surface area contributed by atoms with E-state index in [2.05, 4.69) is 16.0 Å². The van der Waals surface area contributed by atoms with Crippen LogP contribution >= 0.6 is 0 Å². The van der Waals surface area contributed by atoms with E-state index in [1.54, 1.807) is 0 Å². The summed E-state index contributed by atoms with van der Waals surface area (Å²) in [7, 11) is 0. The van der Waals surface area contributed by atoms with Crippen LogP contribution in [0.2, 0.25) is 0 Å². The summed E-state index contributed by atoms with van der Waals surface area (Å²) in [5, 5.41) is 8.66. The SMILES string of the molecule is CC(C)CNC(=O)CCNC(=O)CNCC1CC1. The summed E-state index contributed by atoms with van der Waals surface area (Å²) >= 11 is 0. The molecule has 1 aliphatic rings. The van der Waals surface area contributed by atoms with Crippen molar-refractivity contribution < 1.29 is 9.59 Å². The molecule has 2 amide bonds. The van der Waals surface area contributed by atoms with Gasteiger partial charge >= 0.3 is 0 Å². The Balaban J connectivity index is 1.91. The second kappa shape index (κ2) is 8.08. The Morgan fingerprint density at radius 2 is 1.89 bits per heavy atom. The van der Waals surface area contributed by atoms with Crippen molar-refractivity contribution in [1.82, 2.24) is 16.0 Å². The molecule has 3 N–H and O–H groups in total. The predicted octanol–water partition coefficient (Wildman–Crippen LogP) is 0.265. The Morgan fingerprint density at radius 1 is 1.17 bits per heavy atom. The van der Waals surface area contributed by atoms with Crippen LogP contribution in [0.5, 0.6) is 0 Å². The first-order valence-electron chi connectivity index (χ1n) is 6.82. The van der Waals surface area contributed by atoms with E-state index in [-0.39, 0.29) is 11.8 Å². The molecule has 0 aromatic carbocycles. The van der Waals surface area contributed by atoms with Gasteiger partial charge in [-0.05, 0) is 31.2 Å². The number of carbonyl (C=O) groups is 2. The van der Waals surface area contributed by atoms with Crippen molar-refractivity contribution >= 4 is 11.8 Å². The lowest BCUT2D eigenvalue weighted by Crippen LogP contribution is -2.37. The van der Waals surface area contributed by atoms with Gasteiger partial charge in [0.15, 0.2) is 0 Å². The molecule has 18 heavy (non-hydrogen) atoms. The average Bonchev–Trinajstić information content (AvgIpc) is 3.10. The Kier molecular flexibility index (Phi) is 6.72. The summed E-state index contributed by atoms with van der Waals surface area (Å²) in [6, 6.07) is 0. The molecule has 0 atom stereocenters. The van der Waals surface area contributed by atoms with Gasteiger partial charge in [-0.2, -0.15) is 0 Å². The maximum absolute atomic E-state index is 11.4. The topological polar surface area (TPSA) is 70.2 Å². The number of carbonyl (C=O) groups excluding carboxylic acids is 2. The zero-order valence-electron chi connectivity index (χ0n) is 11.4. The Hall–Kier alpha value is -1.10. The minimum Gasteiger partial charge on any atom is -0.356 e. The Labute approximate surface area is 109 Å². The van der Waals surface area contributed by atoms with E-state index in [0.717, 1.165) is 12.5 Å². The summed E-state index contributed by atoms with van der Waals surface area (Å²) in [6.07, 6.45) is 2.91. The lowest BCUT2D eigenvalue weighted by Gasteiger charge is -2.08. The molecule has 0 saturated heterocycles. The van der Waals surface area contributed by atoms with E-state index in [4.69, 9.17) is 0 Å². The van der Waals surface area contributed by atoms with Crippen molar-refractivity contribution in [2.75, 3.05) is 26.2 Å². The van der Waals surface area contributed by atoms with Crippen molar-refractivity contribution in [1.29, 1.82) is 0 Å². The van der Waals surface area contributed by atoms with Crippen molar-refractivity contribution in [2.45, 2.75) is 33.1 Å². The van der Waals surface area contributed by atoms with E-state index in [9.17, 15) is 9.59 Å². The van der Waals surface area contributed by atoms with Crippen molar-refractivity contribution in [2.24, 2.45) is 11.8 Å². The summed E-state index contributed by atoms with van der Waals surface area (Å²) in [6.45, 7) is 6.48. The molecule has 0 bridgehead atoms. The van der Waals surface area contributed by atoms with Crippen LogP contribution in [0.3, 0.4) is 0 Å². The molecular weight excluding hydrogens is 230 g/mol. The van der Waals surface area contributed by atoms with Gasteiger partial charge in [-0.3, -0.25) is 9.59 Å². The van der Waals surface area contributed by atoms with Gasteiger partial charge in [-0.1, -0.05) is 13.8 Å². The summed E-state index contributed by atoms with van der Waals surface area (Å²) in [5.41, 5.74) is 0. The number of amides is 2. The second-order valence-electron chi connectivity index (χ2n) is 5.37. The molecule has 5 nitrogen and oxygen atoms in total. The van der Waals surface area contributed by atoms with Crippen LogP contribution in [0, 0.1) is 11.8 Å². The van der Waals surface area contributed by atoms with Crippen LogP contribution in [0.4, 0.5) is 0 Å². The third-order valence-corrected chi connectivity index (χ3v) is 2.80. The molecule has 1 fully saturated rings. The van der Waals surface area contributed by atoms with Gasteiger partial charge in [0.1, 0.15) is 0 Å². The fourth-order valence-corrected chi connectivity index (χ4v) is 1.50. The summed E-state index contributed by atoms with van der Waals surface area (Å²) < 4.78 is 0. The molecule has 0 unspecified atom stereocenters. The Morgan fingerprint density at radius 3 is 2.50 bits per heavy atom. The van der Waals surface area contributed by atoms with Crippen LogP contribution in [0.25, 0.3) is 0 Å². The average molecular weight is 255 g/mol. The maximum atomic E-state index is 11.4. The molecule has 5 heteroatoms. The van der Waals surface area contributed by atoms with Crippen LogP contribution in [-0.2, 0) is 9.59 Å². The highest BCUT2D eigenvalue weighted by atomic mass is 16.2. The molecular formula is C13H25N3O2. The molecule has 1 aliphatic carbocycles. The largest absolute Gasteiger partial charge is 0.356 e. The normalized spacial score (nSPS) is 14.6. The van der Waals surface area contributed by atoms with Crippen molar-refractivity contribution in [3.05, 3.63) is 0 Å². The molecule has 0 aliphatic heterocycles. The first-order valence-corrected chi connectivity index (χ1v) is 6.82. The molecule has 0 aromatic rings. The van der Waals surface area contributed by atoms with E-state index >= 15 is 0 Å². The lowest BCUT2D eigenvalue weighted by molar-refractivity contribution is -0.122. The zero-order valence-corrected chi connectivity index (χ0v) is 11.4. The van der Waals surface area contributed by atoms with E-state index in [0.29, 0.717) is 32.0 Å². The maximum Gasteiger partial charge on any atom is 0.233 e. The third kappa shape index (κ3) is 8.06. The first-order chi connectivity index (χ1) is 8.58. The van der Waals surface area contributed by atoms with E-state index in [1.807, 2.05) is 13.8 Å². The highest BCUT2D eigenvalue weighted by Crippen LogP contribution is 2.27. The lowest BCUT2D eigenvalue weighted by atomic mass is 10.2. The molecule has 104 valence electrons. The van der Waals surface area contributed by atoms with Gasteiger partial charge in [0.2, 0.25) is 11.8 Å². The first kappa shape index (κ1) is 15.0. The predicted molar refractivity (Wildman–Crippen MR) is 71.1 cm³/mol. The van der Waals surface area contributed by atoms with Gasteiger partial charge in [0.05, 0.1) is 6.54 Å². The minimum atomic E-state index is -0.0349. The smallest absolute Gasteiger partial charge is 0.233 e. The fourth-order valence-electron chi connectivity index (χ4n) is 1.50. The molecule has 0 aromatic heterocycles. The van der Waals surface area contributed by atoms with Crippen LogP contribution < -0.4 is 16.0 Å². The minimum absolute atomic E-state index is 0.00469. The van der Waals surface area contributed by atoms with Crippen molar-refractivity contribution in [3.8, 4) is 0 Å². The summed E-state index contributed by atoms with van der Waals surface area (Å²) in [5.74, 6) is 1.19. The number of hydrogen-bond acceptors (Lipinski definition) is 3. The van der Waals surface area contributed by atoms with Gasteiger partial charge in [-0.15, -0.1) is 0 Å². The van der Waals surface area contributed by atoms with Crippen LogP contribution in [0.15, 0.2) is 0 Å². The molecule has 1 rings (SSSR count). The standard InChI is InChI=1S/C13H25N3O2/c1-10(2)7-16-12(17)5-6-15-13(18)9-14-8-11-3-4-11/h10-11,14H,3-9H2,1-2H3,(H,15,18)(H,16,17). The van der Waals surface area contributed by atoms with Crippen molar-refractivity contribution in [3.63, 3.8) is 0 Å². The summed E-state index contributed by atoms with van der Waals surface area (Å²) in [4.78, 5) is 22.7. The number of hydrogen-bond donors (Lipinski definition) is 3. The molecule has 0 heterocycles. The second-order valence-corrected chi connectivity index (χ2v) is 5.37. The van der Waals surface area contributed by atoms with Gasteiger partial charge in [-0.25, -0.2) is 0 Å². The van der Waals surface area contributed by atoms with E-state index in [1.165, 1.54) is 12.8 Å².